The van der Waals surface area contributed by atoms with Crippen LogP contribution in [0.2, 0.25) is 5.02 Å². The number of likely N-dealkylation sites (tertiary alicyclic amines) is 1. The molecule has 0 spiro atoms. The number of nitrogens with zero attached hydrogens (tertiary/aromatic N) is 1. The summed E-state index contributed by atoms with van der Waals surface area (Å²) in [5.41, 5.74) is 0.630. The summed E-state index contributed by atoms with van der Waals surface area (Å²) in [7, 11) is 0. The molecule has 114 valence electrons. The molecule has 1 aliphatic rings. The van der Waals surface area contributed by atoms with Crippen molar-refractivity contribution in [3.63, 3.8) is 0 Å². The van der Waals surface area contributed by atoms with Gasteiger partial charge in [-0.05, 0) is 31.4 Å². The number of hydrogen-bond acceptors (Lipinski definition) is 3. The van der Waals surface area contributed by atoms with Crippen molar-refractivity contribution >= 4 is 39.4 Å². The Morgan fingerprint density at radius 2 is 1.90 bits per heavy atom. The lowest BCUT2D eigenvalue weighted by atomic mass is 10.1. The van der Waals surface area contributed by atoms with Crippen molar-refractivity contribution in [2.45, 2.75) is 30.7 Å². The van der Waals surface area contributed by atoms with Crippen molar-refractivity contribution in [1.82, 2.24) is 4.90 Å². The summed E-state index contributed by atoms with van der Waals surface area (Å²) in [5.74, 6) is -0.650. The summed E-state index contributed by atoms with van der Waals surface area (Å²) in [6.07, 6.45) is 1.23. The Balaban J connectivity index is 1.97. The largest absolute Gasteiger partial charge is 0.451 e. The Hall–Kier alpha value is -1.07. The number of benzene rings is 1. The molecule has 0 N–H and O–H groups in total. The second kappa shape index (κ2) is 7.27. The highest BCUT2D eigenvalue weighted by Crippen LogP contribution is 2.30. The highest BCUT2D eigenvalue weighted by Gasteiger charge is 2.29. The second-order valence-corrected chi connectivity index (χ2v) is 6.32. The van der Waals surface area contributed by atoms with E-state index < -0.39 is 16.9 Å². The monoisotopic (exact) mass is 373 g/mol. The molecule has 1 heterocycles. The minimum absolute atomic E-state index is 0.139. The Labute approximate surface area is 137 Å². The van der Waals surface area contributed by atoms with Crippen molar-refractivity contribution in [3.8, 4) is 0 Å². The van der Waals surface area contributed by atoms with Crippen LogP contribution in [-0.2, 0) is 14.3 Å². The van der Waals surface area contributed by atoms with Crippen LogP contribution in [0.25, 0.3) is 0 Å². The first-order valence-electron chi connectivity index (χ1n) is 6.88. The molecule has 6 heteroatoms. The fourth-order valence-electron chi connectivity index (χ4n) is 2.29. The standard InChI is InChI=1S/C15H17BrClNO3/c1-10(14(19)18-8-4-5-9-18)21-15(20)13(16)11-6-2-3-7-12(11)17/h2-3,6-7,10,13H,4-5,8-9H2,1H3/t10-,13?/m1/s1. The zero-order valence-corrected chi connectivity index (χ0v) is 14.1. The van der Waals surface area contributed by atoms with E-state index in [4.69, 9.17) is 16.3 Å². The predicted octanol–water partition coefficient (Wildman–Crippen LogP) is 3.33. The molecule has 1 aromatic carbocycles. The number of carbonyl (C=O) groups is 2. The van der Waals surface area contributed by atoms with Gasteiger partial charge in [0.05, 0.1) is 0 Å². The van der Waals surface area contributed by atoms with E-state index in [1.807, 2.05) is 0 Å². The van der Waals surface area contributed by atoms with Crippen LogP contribution in [0.1, 0.15) is 30.2 Å². The minimum atomic E-state index is -0.780. The third-order valence-corrected chi connectivity index (χ3v) is 4.65. The number of alkyl halides is 1. The first kappa shape index (κ1) is 16.3. The van der Waals surface area contributed by atoms with Gasteiger partial charge in [-0.3, -0.25) is 9.59 Å². The summed E-state index contributed by atoms with van der Waals surface area (Å²) >= 11 is 9.33. The van der Waals surface area contributed by atoms with Gasteiger partial charge in [0.15, 0.2) is 6.10 Å². The zero-order valence-electron chi connectivity index (χ0n) is 11.7. The molecular weight excluding hydrogens is 358 g/mol. The van der Waals surface area contributed by atoms with Crippen LogP contribution < -0.4 is 0 Å². The molecule has 0 aliphatic carbocycles. The van der Waals surface area contributed by atoms with Gasteiger partial charge < -0.3 is 9.64 Å². The van der Waals surface area contributed by atoms with Gasteiger partial charge in [-0.1, -0.05) is 45.7 Å². The molecule has 0 radical (unpaired) electrons. The smallest absolute Gasteiger partial charge is 0.325 e. The fraction of sp³-hybridized carbons (Fsp3) is 0.467. The Morgan fingerprint density at radius 3 is 2.52 bits per heavy atom. The molecule has 1 saturated heterocycles. The van der Waals surface area contributed by atoms with Gasteiger partial charge in [0.25, 0.3) is 5.91 Å². The maximum atomic E-state index is 12.1. The van der Waals surface area contributed by atoms with Crippen molar-refractivity contribution in [3.05, 3.63) is 34.9 Å². The maximum absolute atomic E-state index is 12.1. The normalized spacial score (nSPS) is 17.4. The molecule has 1 aliphatic heterocycles. The van der Waals surface area contributed by atoms with Crippen LogP contribution in [0, 0.1) is 0 Å². The van der Waals surface area contributed by atoms with Gasteiger partial charge in [0.2, 0.25) is 0 Å². The summed E-state index contributed by atoms with van der Waals surface area (Å²) in [4.78, 5) is 25.3. The Bertz CT molecular complexity index is 531. The van der Waals surface area contributed by atoms with Gasteiger partial charge in [0, 0.05) is 18.1 Å². The van der Waals surface area contributed by atoms with Crippen LogP contribution in [0.3, 0.4) is 0 Å². The molecule has 1 aromatic rings. The lowest BCUT2D eigenvalue weighted by Crippen LogP contribution is -2.38. The third kappa shape index (κ3) is 3.98. The molecule has 2 rings (SSSR count). The topological polar surface area (TPSA) is 46.6 Å². The van der Waals surface area contributed by atoms with E-state index in [0.717, 1.165) is 25.9 Å². The summed E-state index contributed by atoms with van der Waals surface area (Å²) in [6, 6.07) is 7.03. The number of ether oxygens (including phenoxy) is 1. The number of carbonyl (C=O) groups excluding carboxylic acids is 2. The van der Waals surface area contributed by atoms with Crippen molar-refractivity contribution in [2.75, 3.05) is 13.1 Å². The molecule has 21 heavy (non-hydrogen) atoms. The van der Waals surface area contributed by atoms with Gasteiger partial charge in [-0.2, -0.15) is 0 Å². The van der Waals surface area contributed by atoms with Gasteiger partial charge in [-0.25, -0.2) is 0 Å². The minimum Gasteiger partial charge on any atom is -0.451 e. The van der Waals surface area contributed by atoms with Crippen molar-refractivity contribution in [1.29, 1.82) is 0 Å². The highest BCUT2D eigenvalue weighted by molar-refractivity contribution is 9.09. The van der Waals surface area contributed by atoms with Crippen LogP contribution >= 0.6 is 27.5 Å². The predicted molar refractivity (Wildman–Crippen MR) is 84.5 cm³/mol. The van der Waals surface area contributed by atoms with Gasteiger partial charge >= 0.3 is 5.97 Å². The van der Waals surface area contributed by atoms with E-state index >= 15 is 0 Å². The molecule has 0 saturated carbocycles. The van der Waals surface area contributed by atoms with Crippen molar-refractivity contribution < 1.29 is 14.3 Å². The number of rotatable bonds is 4. The van der Waals surface area contributed by atoms with Gasteiger partial charge in [0.1, 0.15) is 4.83 Å². The zero-order chi connectivity index (χ0) is 15.4. The van der Waals surface area contributed by atoms with E-state index in [9.17, 15) is 9.59 Å². The van der Waals surface area contributed by atoms with Crippen LogP contribution in [0.4, 0.5) is 0 Å². The first-order valence-corrected chi connectivity index (χ1v) is 8.18. The second-order valence-electron chi connectivity index (χ2n) is 5.00. The maximum Gasteiger partial charge on any atom is 0.325 e. The summed E-state index contributed by atoms with van der Waals surface area (Å²) in [5, 5.41) is 0.481. The van der Waals surface area contributed by atoms with Crippen molar-refractivity contribution in [2.24, 2.45) is 0 Å². The summed E-state index contributed by atoms with van der Waals surface area (Å²) in [6.45, 7) is 3.08. The average Bonchev–Trinajstić information content (AvgIpc) is 3.00. The Morgan fingerprint density at radius 1 is 1.29 bits per heavy atom. The fourth-order valence-corrected chi connectivity index (χ4v) is 3.17. The van der Waals surface area contributed by atoms with E-state index in [1.165, 1.54) is 0 Å². The molecule has 1 unspecified atom stereocenters. The summed E-state index contributed by atoms with van der Waals surface area (Å²) < 4.78 is 5.26. The number of esters is 1. The van der Waals surface area contributed by atoms with Crippen LogP contribution in [0.15, 0.2) is 24.3 Å². The molecule has 4 nitrogen and oxygen atoms in total. The molecule has 2 atom stereocenters. The number of hydrogen-bond donors (Lipinski definition) is 0. The molecule has 1 amide bonds. The van der Waals surface area contributed by atoms with E-state index in [-0.39, 0.29) is 5.91 Å². The van der Waals surface area contributed by atoms with Gasteiger partial charge in [-0.15, -0.1) is 0 Å². The quantitative estimate of drug-likeness (QED) is 0.600. The highest BCUT2D eigenvalue weighted by atomic mass is 79.9. The first-order chi connectivity index (χ1) is 10.0. The Kier molecular flexibility index (Phi) is 5.65. The molecule has 1 fully saturated rings. The lowest BCUT2D eigenvalue weighted by Gasteiger charge is -2.21. The van der Waals surface area contributed by atoms with Crippen LogP contribution in [0.5, 0.6) is 0 Å². The third-order valence-electron chi connectivity index (χ3n) is 3.44. The average molecular weight is 375 g/mol. The number of amides is 1. The molecule has 0 aromatic heterocycles. The molecule has 0 bridgehead atoms. The van der Waals surface area contributed by atoms with E-state index in [2.05, 4.69) is 15.9 Å². The molecular formula is C15H17BrClNO3. The van der Waals surface area contributed by atoms with E-state index in [1.54, 1.807) is 36.1 Å². The number of halogens is 2. The van der Waals surface area contributed by atoms with E-state index in [0.29, 0.717) is 10.6 Å². The lowest BCUT2D eigenvalue weighted by molar-refractivity contribution is -0.158. The van der Waals surface area contributed by atoms with Crippen LogP contribution in [-0.4, -0.2) is 36.0 Å². The SMILES string of the molecule is C[C@@H](OC(=O)C(Br)c1ccccc1Cl)C(=O)N1CCCC1.